The molecule has 2 atom stereocenters. The molecule has 0 radical (unpaired) electrons. The van der Waals surface area contributed by atoms with E-state index in [1.165, 1.54) is 6.66 Å². The number of carbonyl (C=O) groups excluding carboxylic acids is 1. The molecule has 4 nitrogen and oxygen atoms in total. The van der Waals surface area contributed by atoms with Gasteiger partial charge in [0, 0.05) is 12.3 Å². The van der Waals surface area contributed by atoms with E-state index in [4.69, 9.17) is 4.89 Å². The van der Waals surface area contributed by atoms with Crippen molar-refractivity contribution in [2.24, 2.45) is 0 Å². The second kappa shape index (κ2) is 4.63. The summed E-state index contributed by atoms with van der Waals surface area (Å²) in [5, 5.41) is 0. The first-order valence-electron chi connectivity index (χ1n) is 3.83. The average Bonchev–Trinajstić information content (AvgIpc) is 1.85. The van der Waals surface area contributed by atoms with Crippen molar-refractivity contribution in [1.29, 1.82) is 0 Å². The number of hydrogen-bond acceptors (Lipinski definition) is 3. The van der Waals surface area contributed by atoms with Gasteiger partial charge in [-0.3, -0.25) is 9.36 Å². The molecule has 0 aromatic rings. The lowest BCUT2D eigenvalue weighted by molar-refractivity contribution is -0.143. The molecule has 72 valence electrons. The quantitative estimate of drug-likeness (QED) is 0.540. The number of ether oxygens (including phenoxy) is 1. The fraction of sp³-hybridized carbons (Fsp3) is 0.857. The van der Waals surface area contributed by atoms with Crippen molar-refractivity contribution in [2.75, 3.05) is 13.3 Å². The maximum Gasteiger partial charge on any atom is 0.306 e. The number of carbonyl (C=O) groups is 1. The van der Waals surface area contributed by atoms with Crippen LogP contribution in [-0.4, -0.2) is 29.8 Å². The topological polar surface area (TPSA) is 63.6 Å². The van der Waals surface area contributed by atoms with Crippen LogP contribution in [0.25, 0.3) is 0 Å². The summed E-state index contributed by atoms with van der Waals surface area (Å²) >= 11 is 0. The normalized spacial score (nSPS) is 18.0. The van der Waals surface area contributed by atoms with E-state index in [-0.39, 0.29) is 6.42 Å². The second-order valence-electron chi connectivity index (χ2n) is 2.80. The summed E-state index contributed by atoms with van der Waals surface area (Å²) in [7, 11) is -3.14. The van der Waals surface area contributed by atoms with Crippen molar-refractivity contribution in [3.05, 3.63) is 0 Å². The molecule has 0 spiro atoms. The molecule has 0 rings (SSSR count). The van der Waals surface area contributed by atoms with E-state index < -0.39 is 19.0 Å². The van der Waals surface area contributed by atoms with Gasteiger partial charge in [0.25, 0.3) is 0 Å². The lowest BCUT2D eigenvalue weighted by Crippen LogP contribution is -2.13. The summed E-state index contributed by atoms with van der Waals surface area (Å²) in [6, 6.07) is 0. The molecule has 0 aromatic carbocycles. The van der Waals surface area contributed by atoms with Crippen LogP contribution in [0.3, 0.4) is 0 Å². The molecule has 0 fully saturated rings. The molecular formula is C7H15O4P. The molecule has 0 amide bonds. The first kappa shape index (κ1) is 11.7. The summed E-state index contributed by atoms with van der Waals surface area (Å²) in [5.74, 6) is -0.416. The molecular weight excluding hydrogens is 179 g/mol. The van der Waals surface area contributed by atoms with Gasteiger partial charge in [-0.15, -0.1) is 0 Å². The van der Waals surface area contributed by atoms with Gasteiger partial charge in [0.2, 0.25) is 7.37 Å². The monoisotopic (exact) mass is 194 g/mol. The number of esters is 1. The predicted octanol–water partition coefficient (Wildman–Crippen LogP) is 1.23. The van der Waals surface area contributed by atoms with E-state index in [1.807, 2.05) is 0 Å². The lowest BCUT2D eigenvalue weighted by Gasteiger charge is -2.13. The van der Waals surface area contributed by atoms with E-state index >= 15 is 0 Å². The zero-order valence-electron chi connectivity index (χ0n) is 7.61. The van der Waals surface area contributed by atoms with Crippen molar-refractivity contribution in [3.63, 3.8) is 0 Å². The van der Waals surface area contributed by atoms with Gasteiger partial charge < -0.3 is 9.63 Å². The van der Waals surface area contributed by atoms with Crippen LogP contribution < -0.4 is 0 Å². The largest absolute Gasteiger partial charge is 0.466 e. The van der Waals surface area contributed by atoms with Crippen molar-refractivity contribution >= 4 is 13.3 Å². The maximum atomic E-state index is 11.0. The minimum Gasteiger partial charge on any atom is -0.466 e. The third-order valence-electron chi connectivity index (χ3n) is 1.59. The Hall–Kier alpha value is -0.340. The third kappa shape index (κ3) is 4.52. The Kier molecular flexibility index (Phi) is 4.50. The van der Waals surface area contributed by atoms with E-state index in [2.05, 4.69) is 4.74 Å². The fourth-order valence-electron chi connectivity index (χ4n) is 0.630. The highest BCUT2D eigenvalue weighted by Gasteiger charge is 2.23. The van der Waals surface area contributed by atoms with Gasteiger partial charge in [0.15, 0.2) is 0 Å². The zero-order valence-corrected chi connectivity index (χ0v) is 8.51. The van der Waals surface area contributed by atoms with Gasteiger partial charge in [0.1, 0.15) is 0 Å². The van der Waals surface area contributed by atoms with E-state index in [9.17, 15) is 9.36 Å². The zero-order chi connectivity index (χ0) is 9.78. The Balaban J connectivity index is 3.93. The summed E-state index contributed by atoms with van der Waals surface area (Å²) in [6.07, 6.45) is 0.0120. The molecule has 0 aliphatic rings. The number of rotatable bonds is 4. The molecule has 0 aliphatic heterocycles. The standard InChI is InChI=1S/C7H15O4P/c1-4-11-7(8)5-6(2)12(3,9)10/h6H,4-5H2,1-3H3,(H,9,10). The van der Waals surface area contributed by atoms with Gasteiger partial charge in [-0.1, -0.05) is 6.92 Å². The van der Waals surface area contributed by atoms with Crippen LogP contribution in [0.1, 0.15) is 20.3 Å². The molecule has 0 aliphatic carbocycles. The van der Waals surface area contributed by atoms with E-state index in [0.29, 0.717) is 6.61 Å². The van der Waals surface area contributed by atoms with Crippen molar-refractivity contribution < 1.29 is 19.0 Å². The van der Waals surface area contributed by atoms with Gasteiger partial charge in [0.05, 0.1) is 13.0 Å². The third-order valence-corrected chi connectivity index (χ3v) is 3.40. The van der Waals surface area contributed by atoms with Crippen molar-refractivity contribution in [1.82, 2.24) is 0 Å². The minimum atomic E-state index is -3.14. The maximum absolute atomic E-state index is 11.0. The Morgan fingerprint density at radius 1 is 1.67 bits per heavy atom. The second-order valence-corrected chi connectivity index (χ2v) is 5.57. The van der Waals surface area contributed by atoms with Gasteiger partial charge in [-0.2, -0.15) is 0 Å². The molecule has 0 saturated carbocycles. The first-order valence-corrected chi connectivity index (χ1v) is 6.01. The van der Waals surface area contributed by atoms with Crippen LogP contribution >= 0.6 is 7.37 Å². The van der Waals surface area contributed by atoms with Crippen molar-refractivity contribution in [3.8, 4) is 0 Å². The first-order chi connectivity index (χ1) is 5.38. The summed E-state index contributed by atoms with van der Waals surface area (Å²) in [4.78, 5) is 19.9. The summed E-state index contributed by atoms with van der Waals surface area (Å²) < 4.78 is 15.6. The summed E-state index contributed by atoms with van der Waals surface area (Å²) in [5.41, 5.74) is -0.517. The molecule has 0 aromatic heterocycles. The van der Waals surface area contributed by atoms with Crippen LogP contribution in [0.4, 0.5) is 0 Å². The van der Waals surface area contributed by atoms with Crippen molar-refractivity contribution in [2.45, 2.75) is 25.9 Å². The predicted molar refractivity (Wildman–Crippen MR) is 46.5 cm³/mol. The highest BCUT2D eigenvalue weighted by atomic mass is 31.2. The highest BCUT2D eigenvalue weighted by molar-refractivity contribution is 7.57. The smallest absolute Gasteiger partial charge is 0.306 e. The fourth-order valence-corrected chi connectivity index (χ4v) is 1.12. The molecule has 12 heavy (non-hydrogen) atoms. The van der Waals surface area contributed by atoms with Crippen LogP contribution in [0.15, 0.2) is 0 Å². The van der Waals surface area contributed by atoms with E-state index in [1.54, 1.807) is 13.8 Å². The van der Waals surface area contributed by atoms with Gasteiger partial charge >= 0.3 is 5.97 Å². The molecule has 0 saturated heterocycles. The Morgan fingerprint density at radius 3 is 2.50 bits per heavy atom. The molecule has 5 heteroatoms. The SMILES string of the molecule is CCOC(=O)CC(C)P(C)(=O)O. The lowest BCUT2D eigenvalue weighted by atomic mass is 10.3. The molecule has 0 bridgehead atoms. The summed E-state index contributed by atoms with van der Waals surface area (Å²) in [6.45, 7) is 4.83. The van der Waals surface area contributed by atoms with Gasteiger partial charge in [-0.25, -0.2) is 0 Å². The van der Waals surface area contributed by atoms with Gasteiger partial charge in [-0.05, 0) is 6.92 Å². The highest BCUT2D eigenvalue weighted by Crippen LogP contribution is 2.43. The molecule has 2 unspecified atom stereocenters. The van der Waals surface area contributed by atoms with Crippen LogP contribution in [0.2, 0.25) is 0 Å². The Labute approximate surface area is 72.4 Å². The van der Waals surface area contributed by atoms with Crippen LogP contribution in [0.5, 0.6) is 0 Å². The van der Waals surface area contributed by atoms with Crippen LogP contribution in [0, 0.1) is 0 Å². The number of hydrogen-bond donors (Lipinski definition) is 1. The van der Waals surface area contributed by atoms with E-state index in [0.717, 1.165) is 0 Å². The van der Waals surface area contributed by atoms with Crippen LogP contribution in [-0.2, 0) is 14.1 Å². The Bertz CT molecular complexity index is 196. The average molecular weight is 194 g/mol. The minimum absolute atomic E-state index is 0.0120. The Morgan fingerprint density at radius 2 is 2.17 bits per heavy atom. The molecule has 0 heterocycles. The molecule has 1 N–H and O–H groups in total.